The Hall–Kier alpha value is -2.12. The van der Waals surface area contributed by atoms with E-state index in [4.69, 9.17) is 4.74 Å². The average Bonchev–Trinajstić information content (AvgIpc) is 3.33. The van der Waals surface area contributed by atoms with Crippen LogP contribution in [0.15, 0.2) is 30.5 Å². The molecule has 4 heteroatoms. The zero-order valence-electron chi connectivity index (χ0n) is 13.9. The van der Waals surface area contributed by atoms with Crippen LogP contribution in [0.5, 0.6) is 0 Å². The van der Waals surface area contributed by atoms with Gasteiger partial charge in [0.15, 0.2) is 0 Å². The molecule has 1 aromatic heterocycles. The number of hydrogen-bond acceptors (Lipinski definition) is 3. The van der Waals surface area contributed by atoms with Crippen LogP contribution in [0.4, 0.5) is 0 Å². The first-order chi connectivity index (χ1) is 11.9. The highest BCUT2D eigenvalue weighted by molar-refractivity contribution is 5.59. The third-order valence-electron chi connectivity index (χ3n) is 4.70. The number of aromatic nitrogens is 3. The number of ether oxygens (including phenoxy) is 1. The molecule has 0 radical (unpaired) electrons. The molecule has 1 unspecified atom stereocenters. The molecule has 4 rings (SSSR count). The molecule has 4 nitrogen and oxygen atoms in total. The van der Waals surface area contributed by atoms with Gasteiger partial charge < -0.3 is 4.74 Å². The Morgan fingerprint density at radius 2 is 2.00 bits per heavy atom. The number of rotatable bonds is 4. The van der Waals surface area contributed by atoms with E-state index < -0.39 is 0 Å². The summed E-state index contributed by atoms with van der Waals surface area (Å²) in [5, 5.41) is 8.54. The summed E-state index contributed by atoms with van der Waals surface area (Å²) in [5.74, 6) is 7.38. The van der Waals surface area contributed by atoms with E-state index in [1.165, 1.54) is 25.7 Å². The Kier molecular flexibility index (Phi) is 4.62. The molecule has 0 N–H and O–H groups in total. The highest BCUT2D eigenvalue weighted by Crippen LogP contribution is 2.31. The highest BCUT2D eigenvalue weighted by atomic mass is 16.5. The second-order valence-electron chi connectivity index (χ2n) is 6.84. The molecular formula is C20H23N3O. The van der Waals surface area contributed by atoms with Crippen molar-refractivity contribution in [2.75, 3.05) is 6.61 Å². The second-order valence-corrected chi connectivity index (χ2v) is 6.84. The minimum absolute atomic E-state index is 0.275. The van der Waals surface area contributed by atoms with Gasteiger partial charge in [-0.15, -0.1) is 5.10 Å². The first-order valence-corrected chi connectivity index (χ1v) is 8.98. The molecule has 1 atom stereocenters. The van der Waals surface area contributed by atoms with E-state index in [0.29, 0.717) is 0 Å². The van der Waals surface area contributed by atoms with Gasteiger partial charge in [-0.05, 0) is 50.2 Å². The van der Waals surface area contributed by atoms with Crippen LogP contribution in [0, 0.1) is 17.8 Å². The number of nitrogens with zero attached hydrogens (tertiary/aromatic N) is 3. The van der Waals surface area contributed by atoms with Crippen LogP contribution < -0.4 is 0 Å². The Balaban J connectivity index is 1.38. The molecule has 1 aromatic carbocycles. The number of hydrogen-bond donors (Lipinski definition) is 0. The third kappa shape index (κ3) is 4.04. The van der Waals surface area contributed by atoms with Crippen molar-refractivity contribution in [1.82, 2.24) is 15.0 Å². The molecule has 1 aliphatic heterocycles. The molecule has 124 valence electrons. The van der Waals surface area contributed by atoms with Crippen molar-refractivity contribution < 1.29 is 4.74 Å². The van der Waals surface area contributed by atoms with Crippen LogP contribution in [0.25, 0.3) is 11.3 Å². The third-order valence-corrected chi connectivity index (χ3v) is 4.70. The maximum atomic E-state index is 5.77. The van der Waals surface area contributed by atoms with Gasteiger partial charge in [0, 0.05) is 24.2 Å². The lowest BCUT2D eigenvalue weighted by Gasteiger charge is -2.21. The fourth-order valence-electron chi connectivity index (χ4n) is 3.02. The topological polar surface area (TPSA) is 39.9 Å². The molecule has 2 fully saturated rings. The van der Waals surface area contributed by atoms with Crippen molar-refractivity contribution in [3.8, 4) is 23.1 Å². The number of benzene rings is 1. The van der Waals surface area contributed by atoms with Gasteiger partial charge in [0.25, 0.3) is 0 Å². The van der Waals surface area contributed by atoms with Crippen molar-refractivity contribution in [1.29, 1.82) is 0 Å². The summed E-state index contributed by atoms with van der Waals surface area (Å²) in [7, 11) is 0. The van der Waals surface area contributed by atoms with Gasteiger partial charge in [0.1, 0.15) is 5.69 Å². The fraction of sp³-hybridized carbons (Fsp3) is 0.500. The highest BCUT2D eigenvalue weighted by Gasteiger charge is 2.19. The van der Waals surface area contributed by atoms with Crippen molar-refractivity contribution in [2.45, 2.75) is 51.2 Å². The zero-order chi connectivity index (χ0) is 16.2. The minimum atomic E-state index is 0.275. The Labute approximate surface area is 143 Å². The van der Waals surface area contributed by atoms with Gasteiger partial charge in [0.05, 0.1) is 18.8 Å². The monoisotopic (exact) mass is 321 g/mol. The summed E-state index contributed by atoms with van der Waals surface area (Å²) in [6.45, 7) is 1.66. The van der Waals surface area contributed by atoms with Crippen LogP contribution in [-0.4, -0.2) is 27.7 Å². The lowest BCUT2D eigenvalue weighted by molar-refractivity contribution is 0.00370. The minimum Gasteiger partial charge on any atom is -0.376 e. The summed E-state index contributed by atoms with van der Waals surface area (Å²) in [4.78, 5) is 0. The van der Waals surface area contributed by atoms with E-state index in [2.05, 4.69) is 46.4 Å². The van der Waals surface area contributed by atoms with E-state index in [1.54, 1.807) is 0 Å². The van der Waals surface area contributed by atoms with Crippen molar-refractivity contribution in [2.24, 2.45) is 5.92 Å². The predicted molar refractivity (Wildman–Crippen MR) is 93.3 cm³/mol. The molecule has 2 heterocycles. The van der Waals surface area contributed by atoms with Gasteiger partial charge in [0.2, 0.25) is 0 Å². The van der Waals surface area contributed by atoms with E-state index in [1.807, 2.05) is 10.9 Å². The van der Waals surface area contributed by atoms with Crippen molar-refractivity contribution in [3.05, 3.63) is 36.0 Å². The lowest BCUT2D eigenvalue weighted by Crippen LogP contribution is -2.24. The van der Waals surface area contributed by atoms with Crippen LogP contribution in [-0.2, 0) is 11.3 Å². The van der Waals surface area contributed by atoms with E-state index in [9.17, 15) is 0 Å². The largest absolute Gasteiger partial charge is 0.376 e. The van der Waals surface area contributed by atoms with Gasteiger partial charge >= 0.3 is 0 Å². The molecule has 1 aliphatic carbocycles. The van der Waals surface area contributed by atoms with Gasteiger partial charge in [-0.2, -0.15) is 0 Å². The van der Waals surface area contributed by atoms with Crippen molar-refractivity contribution in [3.63, 3.8) is 0 Å². The van der Waals surface area contributed by atoms with Crippen LogP contribution in [0.2, 0.25) is 0 Å². The van der Waals surface area contributed by atoms with E-state index in [-0.39, 0.29) is 6.10 Å². The molecule has 0 bridgehead atoms. The summed E-state index contributed by atoms with van der Waals surface area (Å²) >= 11 is 0. The molecular weight excluding hydrogens is 298 g/mol. The molecule has 1 saturated carbocycles. The first-order valence-electron chi connectivity index (χ1n) is 8.98. The quantitative estimate of drug-likeness (QED) is 0.807. The fourth-order valence-corrected chi connectivity index (χ4v) is 3.02. The van der Waals surface area contributed by atoms with Crippen LogP contribution in [0.3, 0.4) is 0 Å². The Bertz CT molecular complexity index is 728. The van der Waals surface area contributed by atoms with Gasteiger partial charge in [-0.1, -0.05) is 29.2 Å². The smallest absolute Gasteiger partial charge is 0.113 e. The summed E-state index contributed by atoms with van der Waals surface area (Å²) in [6, 6.07) is 8.29. The van der Waals surface area contributed by atoms with Crippen molar-refractivity contribution >= 4 is 0 Å². The zero-order valence-corrected chi connectivity index (χ0v) is 13.9. The van der Waals surface area contributed by atoms with Gasteiger partial charge in [-0.25, -0.2) is 4.68 Å². The SMILES string of the molecule is C(#Cc1ccc(-c2cn(CC3CCCCO3)nn2)cc1)CC1CC1. The van der Waals surface area contributed by atoms with Gasteiger partial charge in [-0.3, -0.25) is 0 Å². The maximum Gasteiger partial charge on any atom is 0.113 e. The second kappa shape index (κ2) is 7.19. The molecule has 0 amide bonds. The molecule has 0 spiro atoms. The van der Waals surface area contributed by atoms with E-state index >= 15 is 0 Å². The molecule has 24 heavy (non-hydrogen) atoms. The lowest BCUT2D eigenvalue weighted by atomic mass is 10.1. The maximum absolute atomic E-state index is 5.77. The Morgan fingerprint density at radius 1 is 1.12 bits per heavy atom. The van der Waals surface area contributed by atoms with E-state index in [0.717, 1.165) is 48.7 Å². The summed E-state index contributed by atoms with van der Waals surface area (Å²) in [5.41, 5.74) is 3.06. The molecule has 2 aliphatic rings. The summed E-state index contributed by atoms with van der Waals surface area (Å²) in [6.07, 6.45) is 9.57. The normalized spacial score (nSPS) is 20.4. The standard InChI is InChI=1S/C20H23N3O/c1-2-13-24-19(6-1)14-23-15-20(21-22-23)18-11-9-17(10-12-18)5-3-4-16-7-8-16/h9-12,15-16,19H,1-2,4,6-8,13-14H2. The van der Waals surface area contributed by atoms with Crippen LogP contribution >= 0.6 is 0 Å². The first kappa shape index (κ1) is 15.4. The predicted octanol–water partition coefficient (Wildman–Crippen LogP) is 3.67. The Morgan fingerprint density at radius 3 is 2.75 bits per heavy atom. The average molecular weight is 321 g/mol. The summed E-state index contributed by atoms with van der Waals surface area (Å²) < 4.78 is 7.66. The molecule has 2 aromatic rings. The molecule has 1 saturated heterocycles. The van der Waals surface area contributed by atoms with Crippen LogP contribution in [0.1, 0.15) is 44.1 Å².